The number of hydrogen-bond acceptors (Lipinski definition) is 6. The number of amides is 3. The van der Waals surface area contributed by atoms with E-state index in [-0.39, 0.29) is 18.5 Å². The van der Waals surface area contributed by atoms with E-state index in [4.69, 9.17) is 9.47 Å². The normalized spacial score (nSPS) is 18.3. The van der Waals surface area contributed by atoms with Crippen LogP contribution in [0.2, 0.25) is 0 Å². The third kappa shape index (κ3) is 5.83. The van der Waals surface area contributed by atoms with Gasteiger partial charge in [-0.15, -0.1) is 0 Å². The molecule has 1 N–H and O–H groups in total. The zero-order chi connectivity index (χ0) is 27.2. The fourth-order valence-corrected chi connectivity index (χ4v) is 4.93. The molecule has 0 aromatic heterocycles. The van der Waals surface area contributed by atoms with E-state index in [0.717, 1.165) is 11.1 Å². The molecule has 3 amide bonds. The number of methoxy groups -OCH3 is 1. The van der Waals surface area contributed by atoms with E-state index < -0.39 is 12.0 Å². The molecule has 9 heteroatoms. The molecule has 2 aromatic rings. The zero-order valence-electron chi connectivity index (χ0n) is 22.5. The molecule has 2 aliphatic rings. The van der Waals surface area contributed by atoms with Crippen LogP contribution in [0.5, 0.6) is 5.75 Å². The van der Waals surface area contributed by atoms with Gasteiger partial charge in [0.05, 0.1) is 25.3 Å². The van der Waals surface area contributed by atoms with Crippen molar-refractivity contribution in [2.24, 2.45) is 0 Å². The zero-order valence-corrected chi connectivity index (χ0v) is 22.5. The van der Waals surface area contributed by atoms with Crippen molar-refractivity contribution >= 4 is 17.9 Å². The number of carbonyl (C=O) groups is 3. The van der Waals surface area contributed by atoms with Crippen molar-refractivity contribution in [3.63, 3.8) is 0 Å². The number of aryl methyl sites for hydroxylation is 1. The molecule has 0 aliphatic carbocycles. The molecule has 0 bridgehead atoms. The molecule has 202 valence electrons. The maximum atomic E-state index is 13.3. The van der Waals surface area contributed by atoms with Crippen LogP contribution in [-0.2, 0) is 9.53 Å². The predicted molar refractivity (Wildman–Crippen MR) is 144 cm³/mol. The van der Waals surface area contributed by atoms with E-state index in [2.05, 4.69) is 10.2 Å². The van der Waals surface area contributed by atoms with Gasteiger partial charge in [-0.2, -0.15) is 0 Å². The van der Waals surface area contributed by atoms with Crippen molar-refractivity contribution in [2.45, 2.75) is 26.8 Å². The van der Waals surface area contributed by atoms with E-state index in [1.165, 1.54) is 0 Å². The minimum absolute atomic E-state index is 0.0152. The summed E-state index contributed by atoms with van der Waals surface area (Å²) in [4.78, 5) is 45.1. The van der Waals surface area contributed by atoms with Gasteiger partial charge in [-0.3, -0.25) is 14.6 Å². The first-order chi connectivity index (χ1) is 18.4. The fraction of sp³-hybridized carbons (Fsp3) is 0.414. The second kappa shape index (κ2) is 12.1. The second-order valence-electron chi connectivity index (χ2n) is 9.42. The molecule has 0 radical (unpaired) electrons. The molecular formula is C29H36N4O5. The number of carbonyl (C=O) groups excluding carboxylic acids is 3. The summed E-state index contributed by atoms with van der Waals surface area (Å²) in [6.07, 6.45) is 0. The summed E-state index contributed by atoms with van der Waals surface area (Å²) in [5, 5.41) is 2.99. The number of benzene rings is 2. The van der Waals surface area contributed by atoms with Gasteiger partial charge in [0.25, 0.3) is 5.91 Å². The van der Waals surface area contributed by atoms with Gasteiger partial charge < -0.3 is 19.7 Å². The smallest absolute Gasteiger partial charge is 0.338 e. The third-order valence-corrected chi connectivity index (χ3v) is 7.01. The summed E-state index contributed by atoms with van der Waals surface area (Å²) < 4.78 is 10.8. The number of rotatable bonds is 8. The van der Waals surface area contributed by atoms with Gasteiger partial charge in [0.2, 0.25) is 0 Å². The maximum absolute atomic E-state index is 13.3. The van der Waals surface area contributed by atoms with Crippen LogP contribution in [0.25, 0.3) is 0 Å². The van der Waals surface area contributed by atoms with Gasteiger partial charge in [-0.25, -0.2) is 9.59 Å². The van der Waals surface area contributed by atoms with Gasteiger partial charge in [-0.05, 0) is 50.6 Å². The van der Waals surface area contributed by atoms with Crippen molar-refractivity contribution in [1.29, 1.82) is 0 Å². The van der Waals surface area contributed by atoms with Crippen LogP contribution >= 0.6 is 0 Å². The molecule has 0 saturated carbocycles. The minimum Gasteiger partial charge on any atom is -0.497 e. The molecule has 2 heterocycles. The number of nitrogens with one attached hydrogen (secondary N) is 1. The quantitative estimate of drug-likeness (QED) is 0.537. The summed E-state index contributed by atoms with van der Waals surface area (Å²) in [7, 11) is 1.58. The summed E-state index contributed by atoms with van der Waals surface area (Å²) in [6.45, 7) is 9.03. The third-order valence-electron chi connectivity index (χ3n) is 7.01. The van der Waals surface area contributed by atoms with E-state index in [1.807, 2.05) is 67.3 Å². The van der Waals surface area contributed by atoms with E-state index in [1.54, 1.807) is 18.9 Å². The highest BCUT2D eigenvalue weighted by Crippen LogP contribution is 2.33. The highest BCUT2D eigenvalue weighted by molar-refractivity contribution is 5.95. The lowest BCUT2D eigenvalue weighted by Crippen LogP contribution is -2.53. The number of piperazine rings is 1. The lowest BCUT2D eigenvalue weighted by molar-refractivity contribution is -0.139. The largest absolute Gasteiger partial charge is 0.497 e. The molecule has 4 rings (SSSR count). The Morgan fingerprint density at radius 3 is 2.37 bits per heavy atom. The average molecular weight is 521 g/mol. The van der Waals surface area contributed by atoms with Gasteiger partial charge in [0.15, 0.2) is 0 Å². The predicted octanol–water partition coefficient (Wildman–Crippen LogP) is 3.37. The molecule has 1 unspecified atom stereocenters. The number of ether oxygens (including phenoxy) is 2. The SMILES string of the molecule is CCOC(=O)C1=C(CN2CCN(C(=O)c3ccc(C)cc3)CC2)N(CC)C(=O)NC1c1cccc(OC)c1. The van der Waals surface area contributed by atoms with Crippen LogP contribution in [0.15, 0.2) is 59.8 Å². The molecule has 0 spiro atoms. The van der Waals surface area contributed by atoms with Crippen molar-refractivity contribution in [3.8, 4) is 5.75 Å². The van der Waals surface area contributed by atoms with Crippen LogP contribution in [0.4, 0.5) is 4.79 Å². The minimum atomic E-state index is -0.668. The standard InChI is InChI=1S/C29H36N4O5/c1-5-33-24(19-31-14-16-32(17-15-31)27(34)21-12-10-20(3)11-13-21)25(28(35)38-6-2)26(30-29(33)36)22-8-7-9-23(18-22)37-4/h7-13,18,26H,5-6,14-17,19H2,1-4H3,(H,30,36). The van der Waals surface area contributed by atoms with Crippen LogP contribution in [0.1, 0.15) is 41.4 Å². The Bertz CT molecular complexity index is 1200. The Balaban J connectivity index is 1.60. The molecule has 38 heavy (non-hydrogen) atoms. The Kier molecular flexibility index (Phi) is 8.68. The van der Waals surface area contributed by atoms with Crippen LogP contribution in [-0.4, -0.2) is 85.6 Å². The monoisotopic (exact) mass is 520 g/mol. The van der Waals surface area contributed by atoms with E-state index in [0.29, 0.717) is 61.9 Å². The van der Waals surface area contributed by atoms with E-state index >= 15 is 0 Å². The molecule has 1 fully saturated rings. The molecular weight excluding hydrogens is 484 g/mol. The Morgan fingerprint density at radius 2 is 1.74 bits per heavy atom. The topological polar surface area (TPSA) is 91.4 Å². The van der Waals surface area contributed by atoms with E-state index in [9.17, 15) is 14.4 Å². The molecule has 2 aromatic carbocycles. The summed E-state index contributed by atoms with van der Waals surface area (Å²) in [5.41, 5.74) is 3.57. The van der Waals surface area contributed by atoms with Gasteiger partial charge in [-0.1, -0.05) is 29.8 Å². The Labute approximate surface area is 224 Å². The first-order valence-electron chi connectivity index (χ1n) is 13.1. The Morgan fingerprint density at radius 1 is 1.03 bits per heavy atom. The summed E-state index contributed by atoms with van der Waals surface area (Å²) in [5.74, 6) is 0.192. The number of urea groups is 1. The molecule has 1 atom stereocenters. The van der Waals surface area contributed by atoms with Crippen LogP contribution < -0.4 is 10.1 Å². The Hall–Kier alpha value is -3.85. The summed E-state index contributed by atoms with van der Waals surface area (Å²) in [6, 6.07) is 14.0. The van der Waals surface area contributed by atoms with Gasteiger partial charge in [0, 0.05) is 50.5 Å². The van der Waals surface area contributed by atoms with Crippen molar-refractivity contribution in [2.75, 3.05) is 53.0 Å². The van der Waals surface area contributed by atoms with Gasteiger partial charge in [0.1, 0.15) is 5.75 Å². The number of hydrogen-bond donors (Lipinski definition) is 1. The molecule has 1 saturated heterocycles. The highest BCUT2D eigenvalue weighted by atomic mass is 16.5. The van der Waals surface area contributed by atoms with Crippen molar-refractivity contribution < 1.29 is 23.9 Å². The van der Waals surface area contributed by atoms with Crippen LogP contribution in [0.3, 0.4) is 0 Å². The number of esters is 1. The summed E-state index contributed by atoms with van der Waals surface area (Å²) >= 11 is 0. The lowest BCUT2D eigenvalue weighted by atomic mass is 9.94. The fourth-order valence-electron chi connectivity index (χ4n) is 4.93. The first kappa shape index (κ1) is 27.2. The number of likely N-dealkylation sites (N-methyl/N-ethyl adjacent to an activating group) is 1. The van der Waals surface area contributed by atoms with Gasteiger partial charge >= 0.3 is 12.0 Å². The maximum Gasteiger partial charge on any atom is 0.338 e. The van der Waals surface area contributed by atoms with Crippen molar-refractivity contribution in [3.05, 3.63) is 76.5 Å². The van der Waals surface area contributed by atoms with Crippen molar-refractivity contribution in [1.82, 2.24) is 20.0 Å². The molecule has 2 aliphatic heterocycles. The first-order valence-corrected chi connectivity index (χ1v) is 13.1. The average Bonchev–Trinajstić information content (AvgIpc) is 2.93. The highest BCUT2D eigenvalue weighted by Gasteiger charge is 2.38. The number of nitrogens with zero attached hydrogens (tertiary/aromatic N) is 3. The molecule has 9 nitrogen and oxygen atoms in total. The lowest BCUT2D eigenvalue weighted by Gasteiger charge is -2.40. The second-order valence-corrected chi connectivity index (χ2v) is 9.42. The van der Waals surface area contributed by atoms with Crippen LogP contribution in [0, 0.1) is 6.92 Å².